The van der Waals surface area contributed by atoms with Gasteiger partial charge in [-0.15, -0.1) is 0 Å². The molecule has 0 saturated carbocycles. The van der Waals surface area contributed by atoms with Gasteiger partial charge in [-0.2, -0.15) is 0 Å². The predicted molar refractivity (Wildman–Crippen MR) is 53.3 cm³/mol. The molecule has 0 aromatic rings. The minimum atomic E-state index is -0.239. The first-order valence-electron chi connectivity index (χ1n) is 4.75. The third-order valence-corrected chi connectivity index (χ3v) is 2.48. The summed E-state index contributed by atoms with van der Waals surface area (Å²) in [4.78, 5) is 24.3. The van der Waals surface area contributed by atoms with Crippen molar-refractivity contribution >= 4 is 11.8 Å². The van der Waals surface area contributed by atoms with Gasteiger partial charge in [-0.3, -0.25) is 14.5 Å². The lowest BCUT2D eigenvalue weighted by Crippen LogP contribution is -2.47. The number of hydrogen-bond acceptors (Lipinski definition) is 3. The zero-order valence-electron chi connectivity index (χ0n) is 8.78. The fraction of sp³-hybridized carbons (Fsp3) is 0.600. The van der Waals surface area contributed by atoms with Gasteiger partial charge in [0.2, 0.25) is 0 Å². The van der Waals surface area contributed by atoms with Crippen molar-refractivity contribution in [2.45, 2.75) is 26.8 Å². The summed E-state index contributed by atoms with van der Waals surface area (Å²) < 4.78 is 0. The van der Waals surface area contributed by atoms with E-state index in [1.54, 1.807) is 6.92 Å². The maximum atomic E-state index is 11.6. The molecule has 0 aromatic heterocycles. The Labute approximate surface area is 83.8 Å². The van der Waals surface area contributed by atoms with Crippen molar-refractivity contribution in [2.75, 3.05) is 6.54 Å². The number of amides is 2. The number of nitrogens with zero attached hydrogens (tertiary/aromatic N) is 1. The molecule has 78 valence electrons. The van der Waals surface area contributed by atoms with E-state index in [4.69, 9.17) is 5.73 Å². The van der Waals surface area contributed by atoms with E-state index >= 15 is 0 Å². The highest BCUT2D eigenvalue weighted by Crippen LogP contribution is 2.19. The van der Waals surface area contributed by atoms with Crippen LogP contribution in [0, 0.1) is 5.92 Å². The van der Waals surface area contributed by atoms with Crippen LogP contribution in [0.15, 0.2) is 11.6 Å². The molecule has 0 bridgehead atoms. The molecule has 2 amide bonds. The van der Waals surface area contributed by atoms with Crippen LogP contribution in [0.4, 0.5) is 0 Å². The first kappa shape index (κ1) is 10.9. The molecule has 1 aliphatic rings. The van der Waals surface area contributed by atoms with Crippen LogP contribution in [-0.4, -0.2) is 29.3 Å². The fourth-order valence-electron chi connectivity index (χ4n) is 1.60. The van der Waals surface area contributed by atoms with Gasteiger partial charge in [0.25, 0.3) is 11.8 Å². The predicted octanol–water partition coefficient (Wildman–Crippen LogP) is 0.285. The second-order valence-corrected chi connectivity index (χ2v) is 3.89. The second kappa shape index (κ2) is 3.92. The highest BCUT2D eigenvalue weighted by molar-refractivity contribution is 6.16. The summed E-state index contributed by atoms with van der Waals surface area (Å²) in [5, 5.41) is 0. The van der Waals surface area contributed by atoms with Gasteiger partial charge in [0.05, 0.1) is 6.04 Å². The molecule has 14 heavy (non-hydrogen) atoms. The van der Waals surface area contributed by atoms with Crippen LogP contribution in [0.2, 0.25) is 0 Å². The molecule has 0 saturated heterocycles. The number of hydrogen-bond donors (Lipinski definition) is 1. The van der Waals surface area contributed by atoms with Gasteiger partial charge < -0.3 is 5.73 Å². The van der Waals surface area contributed by atoms with E-state index in [1.165, 1.54) is 11.0 Å². The third kappa shape index (κ3) is 1.70. The summed E-state index contributed by atoms with van der Waals surface area (Å²) in [7, 11) is 0. The topological polar surface area (TPSA) is 63.4 Å². The van der Waals surface area contributed by atoms with E-state index in [-0.39, 0.29) is 23.8 Å². The van der Waals surface area contributed by atoms with Crippen LogP contribution >= 0.6 is 0 Å². The quantitative estimate of drug-likeness (QED) is 0.660. The Morgan fingerprint density at radius 3 is 2.29 bits per heavy atom. The lowest BCUT2D eigenvalue weighted by Gasteiger charge is -2.28. The standard InChI is InChI=1S/C10H16N2O2/c1-6(2)8(5-11)12-9(13)4-7(3)10(12)14/h4,6,8H,5,11H2,1-3H3. The van der Waals surface area contributed by atoms with Gasteiger partial charge in [0.1, 0.15) is 0 Å². The maximum absolute atomic E-state index is 11.6. The van der Waals surface area contributed by atoms with Gasteiger partial charge in [-0.05, 0) is 12.8 Å². The first-order valence-corrected chi connectivity index (χ1v) is 4.75. The third-order valence-electron chi connectivity index (χ3n) is 2.48. The maximum Gasteiger partial charge on any atom is 0.256 e. The van der Waals surface area contributed by atoms with Crippen molar-refractivity contribution < 1.29 is 9.59 Å². The first-order chi connectivity index (χ1) is 6.49. The molecule has 1 rings (SSSR count). The van der Waals surface area contributed by atoms with Crippen LogP contribution < -0.4 is 5.73 Å². The second-order valence-electron chi connectivity index (χ2n) is 3.89. The molecule has 1 atom stereocenters. The molecule has 1 aliphatic heterocycles. The van der Waals surface area contributed by atoms with Gasteiger partial charge in [-0.1, -0.05) is 13.8 Å². The van der Waals surface area contributed by atoms with Crippen molar-refractivity contribution in [1.82, 2.24) is 4.90 Å². The zero-order chi connectivity index (χ0) is 10.9. The number of imide groups is 1. The summed E-state index contributed by atoms with van der Waals surface area (Å²) in [6.07, 6.45) is 1.37. The lowest BCUT2D eigenvalue weighted by molar-refractivity contribution is -0.140. The summed E-state index contributed by atoms with van der Waals surface area (Å²) in [5.41, 5.74) is 6.05. The molecule has 0 aliphatic carbocycles. The van der Waals surface area contributed by atoms with E-state index in [9.17, 15) is 9.59 Å². The summed E-state index contributed by atoms with van der Waals surface area (Å²) in [5.74, 6) is -0.261. The van der Waals surface area contributed by atoms with Crippen molar-refractivity contribution in [2.24, 2.45) is 11.7 Å². The van der Waals surface area contributed by atoms with Crippen molar-refractivity contribution in [3.63, 3.8) is 0 Å². The van der Waals surface area contributed by atoms with Gasteiger partial charge in [0.15, 0.2) is 0 Å². The minimum Gasteiger partial charge on any atom is -0.328 e. The van der Waals surface area contributed by atoms with E-state index in [0.717, 1.165) is 0 Å². The van der Waals surface area contributed by atoms with Crippen molar-refractivity contribution in [1.29, 1.82) is 0 Å². The molecule has 1 heterocycles. The monoisotopic (exact) mass is 196 g/mol. The van der Waals surface area contributed by atoms with E-state index in [1.807, 2.05) is 13.8 Å². The van der Waals surface area contributed by atoms with Gasteiger partial charge >= 0.3 is 0 Å². The summed E-state index contributed by atoms with van der Waals surface area (Å²) in [6.45, 7) is 5.86. The molecule has 0 spiro atoms. The Morgan fingerprint density at radius 2 is 2.00 bits per heavy atom. The Balaban J connectivity index is 2.89. The molecule has 0 aromatic carbocycles. The fourth-order valence-corrected chi connectivity index (χ4v) is 1.60. The highest BCUT2D eigenvalue weighted by atomic mass is 16.2. The molecule has 4 heteroatoms. The van der Waals surface area contributed by atoms with Gasteiger partial charge in [0, 0.05) is 18.2 Å². The van der Waals surface area contributed by atoms with Crippen molar-refractivity contribution in [3.8, 4) is 0 Å². The molecule has 0 radical (unpaired) electrons. The van der Waals surface area contributed by atoms with E-state index in [0.29, 0.717) is 12.1 Å². The largest absolute Gasteiger partial charge is 0.328 e. The van der Waals surface area contributed by atoms with Crippen LogP contribution in [0.5, 0.6) is 0 Å². The normalized spacial score (nSPS) is 19.2. The summed E-state index contributed by atoms with van der Waals surface area (Å²) in [6, 6.07) is -0.191. The lowest BCUT2D eigenvalue weighted by atomic mass is 10.0. The van der Waals surface area contributed by atoms with Crippen LogP contribution in [0.1, 0.15) is 20.8 Å². The average Bonchev–Trinajstić information content (AvgIpc) is 2.32. The van der Waals surface area contributed by atoms with Crippen molar-refractivity contribution in [3.05, 3.63) is 11.6 Å². The molecule has 2 N–H and O–H groups in total. The zero-order valence-corrected chi connectivity index (χ0v) is 8.78. The number of carbonyl (C=O) groups excluding carboxylic acids is 2. The highest BCUT2D eigenvalue weighted by Gasteiger charge is 2.35. The Hall–Kier alpha value is -1.16. The molecule has 0 fully saturated rings. The van der Waals surface area contributed by atoms with E-state index < -0.39 is 0 Å². The van der Waals surface area contributed by atoms with Crippen LogP contribution in [0.25, 0.3) is 0 Å². The summed E-state index contributed by atoms with van der Waals surface area (Å²) >= 11 is 0. The number of nitrogens with two attached hydrogens (primary N) is 1. The molecular weight excluding hydrogens is 180 g/mol. The SMILES string of the molecule is CC1=CC(=O)N(C(CN)C(C)C)C1=O. The Kier molecular flexibility index (Phi) is 3.06. The smallest absolute Gasteiger partial charge is 0.256 e. The Morgan fingerprint density at radius 1 is 1.43 bits per heavy atom. The van der Waals surface area contributed by atoms with Crippen LogP contribution in [-0.2, 0) is 9.59 Å². The Bertz CT molecular complexity index is 294. The molecule has 1 unspecified atom stereocenters. The molecular formula is C10H16N2O2. The molecule has 4 nitrogen and oxygen atoms in total. The minimum absolute atomic E-state index is 0.187. The van der Waals surface area contributed by atoms with Gasteiger partial charge in [-0.25, -0.2) is 0 Å². The number of rotatable bonds is 3. The van der Waals surface area contributed by atoms with Crippen LogP contribution in [0.3, 0.4) is 0 Å². The average molecular weight is 196 g/mol. The van der Waals surface area contributed by atoms with E-state index in [2.05, 4.69) is 0 Å². The number of carbonyl (C=O) groups is 2.